The third kappa shape index (κ3) is 7.83. The van der Waals surface area contributed by atoms with Crippen molar-refractivity contribution >= 4 is 41.3 Å². The first-order valence-electron chi connectivity index (χ1n) is 9.37. The van der Waals surface area contributed by atoms with Gasteiger partial charge < -0.3 is 20.1 Å². The molecule has 6 nitrogen and oxygen atoms in total. The maximum Gasteiger partial charge on any atom is 0.191 e. The van der Waals surface area contributed by atoms with Crippen molar-refractivity contribution in [3.8, 4) is 11.5 Å². The van der Waals surface area contributed by atoms with Crippen molar-refractivity contribution in [1.82, 2.24) is 15.6 Å². The van der Waals surface area contributed by atoms with Crippen molar-refractivity contribution in [2.75, 3.05) is 27.3 Å². The molecule has 0 saturated carbocycles. The van der Waals surface area contributed by atoms with Crippen molar-refractivity contribution in [2.45, 2.75) is 39.7 Å². The van der Waals surface area contributed by atoms with Crippen LogP contribution in [0.25, 0.3) is 0 Å². The summed E-state index contributed by atoms with van der Waals surface area (Å²) in [6.07, 6.45) is 4.87. The molecule has 2 rings (SSSR count). The highest BCUT2D eigenvalue weighted by molar-refractivity contribution is 14.0. The number of nitrogens with zero attached hydrogens (tertiary/aromatic N) is 2. The van der Waals surface area contributed by atoms with Gasteiger partial charge in [0.25, 0.3) is 0 Å². The van der Waals surface area contributed by atoms with Gasteiger partial charge >= 0.3 is 0 Å². The van der Waals surface area contributed by atoms with Crippen LogP contribution in [-0.4, -0.2) is 38.3 Å². The Bertz CT molecular complexity index is 737. The number of aliphatic imine (C=N–C) groups is 1. The Kier molecular flexibility index (Phi) is 11.9. The van der Waals surface area contributed by atoms with Gasteiger partial charge in [-0.25, -0.2) is 4.98 Å². The molecule has 0 spiro atoms. The second kappa shape index (κ2) is 13.6. The van der Waals surface area contributed by atoms with Crippen molar-refractivity contribution in [3.05, 3.63) is 39.8 Å². The largest absolute Gasteiger partial charge is 0.493 e. The summed E-state index contributed by atoms with van der Waals surface area (Å²) >= 11 is 1.78. The van der Waals surface area contributed by atoms with E-state index in [4.69, 9.17) is 9.47 Å². The van der Waals surface area contributed by atoms with Gasteiger partial charge in [0.1, 0.15) is 0 Å². The zero-order valence-corrected chi connectivity index (χ0v) is 20.2. The lowest BCUT2D eigenvalue weighted by Crippen LogP contribution is -2.37. The molecule has 1 aromatic heterocycles. The van der Waals surface area contributed by atoms with Crippen molar-refractivity contribution in [1.29, 1.82) is 0 Å². The molecule has 0 aliphatic heterocycles. The van der Waals surface area contributed by atoms with Crippen molar-refractivity contribution in [2.24, 2.45) is 4.99 Å². The van der Waals surface area contributed by atoms with Crippen LogP contribution in [0.1, 0.15) is 35.7 Å². The number of halogens is 1. The molecule has 8 heteroatoms. The Hall–Kier alpha value is -1.55. The molecule has 0 bridgehead atoms. The van der Waals surface area contributed by atoms with Crippen molar-refractivity contribution < 1.29 is 9.47 Å². The minimum Gasteiger partial charge on any atom is -0.493 e. The van der Waals surface area contributed by atoms with Crippen LogP contribution in [0, 0.1) is 0 Å². The highest BCUT2D eigenvalue weighted by Gasteiger charge is 2.07. The van der Waals surface area contributed by atoms with Crippen LogP contribution in [-0.2, 0) is 19.4 Å². The van der Waals surface area contributed by atoms with Crippen LogP contribution in [0.5, 0.6) is 11.5 Å². The highest BCUT2D eigenvalue weighted by atomic mass is 127. The van der Waals surface area contributed by atoms with Gasteiger partial charge in [0, 0.05) is 37.6 Å². The van der Waals surface area contributed by atoms with Crippen LogP contribution >= 0.6 is 35.3 Å². The second-order valence-corrected chi connectivity index (χ2v) is 7.21. The molecular weight excluding hydrogens is 487 g/mol. The molecule has 0 amide bonds. The summed E-state index contributed by atoms with van der Waals surface area (Å²) in [5, 5.41) is 7.82. The van der Waals surface area contributed by atoms with Gasteiger partial charge in [-0.1, -0.05) is 19.9 Å². The van der Waals surface area contributed by atoms with Gasteiger partial charge in [0.2, 0.25) is 0 Å². The first-order chi connectivity index (χ1) is 13.2. The molecule has 0 saturated heterocycles. The molecule has 1 heterocycles. The Morgan fingerprint density at radius 1 is 1.21 bits per heavy atom. The van der Waals surface area contributed by atoms with Crippen LogP contribution < -0.4 is 20.1 Å². The van der Waals surface area contributed by atoms with E-state index in [9.17, 15) is 0 Å². The average molecular weight is 518 g/mol. The van der Waals surface area contributed by atoms with E-state index in [0.717, 1.165) is 53.8 Å². The minimum atomic E-state index is 0. The standard InChI is InChI=1S/C20H30N4O2S.HI/c1-5-11-26-17-8-7-15(12-18(17)25-4)13-24-20(21-3)22-10-9-19-23-14-16(6-2)27-19;/h7-8,12,14H,5-6,9-11,13H2,1-4H3,(H2,21,22,24);1H. The Labute approximate surface area is 189 Å². The quantitative estimate of drug-likeness (QED) is 0.283. The maximum atomic E-state index is 5.70. The molecule has 28 heavy (non-hydrogen) atoms. The van der Waals surface area contributed by atoms with Crippen LogP contribution in [0.4, 0.5) is 0 Å². The van der Waals surface area contributed by atoms with Crippen LogP contribution in [0.2, 0.25) is 0 Å². The number of guanidine groups is 1. The van der Waals surface area contributed by atoms with E-state index in [1.54, 1.807) is 25.5 Å². The second-order valence-electron chi connectivity index (χ2n) is 6.01. The van der Waals surface area contributed by atoms with Crippen LogP contribution in [0.3, 0.4) is 0 Å². The van der Waals surface area contributed by atoms with E-state index in [0.29, 0.717) is 13.2 Å². The highest BCUT2D eigenvalue weighted by Crippen LogP contribution is 2.28. The summed E-state index contributed by atoms with van der Waals surface area (Å²) < 4.78 is 11.1. The smallest absolute Gasteiger partial charge is 0.191 e. The zero-order valence-electron chi connectivity index (χ0n) is 17.1. The number of benzene rings is 1. The molecule has 0 atom stereocenters. The first kappa shape index (κ1) is 24.5. The van der Waals surface area contributed by atoms with Gasteiger partial charge in [-0.2, -0.15) is 0 Å². The number of ether oxygens (including phenoxy) is 2. The van der Waals surface area contributed by atoms with E-state index in [-0.39, 0.29) is 24.0 Å². The topological polar surface area (TPSA) is 67.8 Å². The zero-order chi connectivity index (χ0) is 19.5. The molecule has 156 valence electrons. The van der Waals surface area contributed by atoms with Crippen LogP contribution in [0.15, 0.2) is 29.4 Å². The summed E-state index contributed by atoms with van der Waals surface area (Å²) in [7, 11) is 3.44. The van der Waals surface area contributed by atoms with Gasteiger partial charge in [0.15, 0.2) is 17.5 Å². The number of hydrogen-bond donors (Lipinski definition) is 2. The number of aryl methyl sites for hydroxylation is 1. The number of nitrogens with one attached hydrogen (secondary N) is 2. The normalized spacial score (nSPS) is 10.9. The third-order valence-corrected chi connectivity index (χ3v) is 5.16. The molecule has 0 aliphatic carbocycles. The molecular formula is C20H31IN4O2S. The minimum absolute atomic E-state index is 0. The monoisotopic (exact) mass is 518 g/mol. The lowest BCUT2D eigenvalue weighted by atomic mass is 10.2. The number of hydrogen-bond acceptors (Lipinski definition) is 5. The first-order valence-corrected chi connectivity index (χ1v) is 10.2. The number of thiazole rings is 1. The number of aromatic nitrogens is 1. The molecule has 0 fully saturated rings. The molecule has 0 unspecified atom stereocenters. The van der Waals surface area contributed by atoms with E-state index in [2.05, 4.69) is 34.5 Å². The van der Waals surface area contributed by atoms with Gasteiger partial charge in [0.05, 0.1) is 18.7 Å². The average Bonchev–Trinajstić information content (AvgIpc) is 3.17. The third-order valence-electron chi connectivity index (χ3n) is 3.95. The Morgan fingerprint density at radius 2 is 2.04 bits per heavy atom. The van der Waals surface area contributed by atoms with E-state index in [1.165, 1.54) is 4.88 Å². The lowest BCUT2D eigenvalue weighted by molar-refractivity contribution is 0.294. The summed E-state index contributed by atoms with van der Waals surface area (Å²) in [6.45, 7) is 6.37. The van der Waals surface area contributed by atoms with E-state index < -0.39 is 0 Å². The fraction of sp³-hybridized carbons (Fsp3) is 0.500. The van der Waals surface area contributed by atoms with Crippen molar-refractivity contribution in [3.63, 3.8) is 0 Å². The van der Waals surface area contributed by atoms with E-state index >= 15 is 0 Å². The summed E-state index contributed by atoms with van der Waals surface area (Å²) in [5.41, 5.74) is 1.10. The Morgan fingerprint density at radius 3 is 2.68 bits per heavy atom. The fourth-order valence-corrected chi connectivity index (χ4v) is 3.34. The SMILES string of the molecule is CCCOc1ccc(CNC(=NC)NCCc2ncc(CC)s2)cc1OC.I. The molecule has 1 aromatic carbocycles. The predicted molar refractivity (Wildman–Crippen MR) is 128 cm³/mol. The van der Waals surface area contributed by atoms with Gasteiger partial charge in [-0.3, -0.25) is 4.99 Å². The molecule has 0 radical (unpaired) electrons. The van der Waals surface area contributed by atoms with Gasteiger partial charge in [-0.05, 0) is 30.5 Å². The summed E-state index contributed by atoms with van der Waals surface area (Å²) in [6, 6.07) is 5.98. The fourth-order valence-electron chi connectivity index (χ4n) is 2.47. The number of rotatable bonds is 10. The predicted octanol–water partition coefficient (Wildman–Crippen LogP) is 4.03. The lowest BCUT2D eigenvalue weighted by Gasteiger charge is -2.14. The number of methoxy groups -OCH3 is 1. The summed E-state index contributed by atoms with van der Waals surface area (Å²) in [5.74, 6) is 2.30. The molecule has 0 aliphatic rings. The molecule has 2 N–H and O–H groups in total. The Balaban J connectivity index is 0.00000392. The maximum absolute atomic E-state index is 5.70. The van der Waals surface area contributed by atoms with E-state index in [1.807, 2.05) is 24.4 Å². The van der Waals surface area contributed by atoms with Gasteiger partial charge in [-0.15, -0.1) is 35.3 Å². The molecule has 2 aromatic rings. The summed E-state index contributed by atoms with van der Waals surface area (Å²) in [4.78, 5) is 10.0.